The van der Waals surface area contributed by atoms with E-state index in [9.17, 15) is 13.2 Å². The maximum absolute atomic E-state index is 11.7. The Kier molecular flexibility index (Phi) is 3.94. The number of nitrogens with zero attached hydrogens (tertiary/aromatic N) is 1. The Labute approximate surface area is 86.4 Å². The predicted molar refractivity (Wildman–Crippen MR) is 44.8 cm³/mol. The van der Waals surface area contributed by atoms with Crippen molar-refractivity contribution >= 4 is 15.9 Å². The number of rotatable bonds is 4. The minimum absolute atomic E-state index is 0.222. The van der Waals surface area contributed by atoms with Crippen molar-refractivity contribution in [3.05, 3.63) is 17.8 Å². The molecule has 0 aliphatic rings. The SMILES string of the molecule is FC(F)(F)COCc1ocnc1CBr. The lowest BCUT2D eigenvalue weighted by Gasteiger charge is -2.06. The second kappa shape index (κ2) is 4.79. The van der Waals surface area contributed by atoms with Gasteiger partial charge in [0, 0.05) is 5.33 Å². The van der Waals surface area contributed by atoms with Gasteiger partial charge in [-0.2, -0.15) is 13.2 Å². The molecule has 0 amide bonds. The van der Waals surface area contributed by atoms with E-state index >= 15 is 0 Å². The zero-order chi connectivity index (χ0) is 10.6. The zero-order valence-electron chi connectivity index (χ0n) is 6.97. The fourth-order valence-corrected chi connectivity index (χ4v) is 1.24. The van der Waals surface area contributed by atoms with E-state index in [1.54, 1.807) is 0 Å². The first-order chi connectivity index (χ1) is 6.53. The van der Waals surface area contributed by atoms with Crippen LogP contribution < -0.4 is 0 Å². The van der Waals surface area contributed by atoms with Gasteiger partial charge < -0.3 is 9.15 Å². The number of hydrogen-bond acceptors (Lipinski definition) is 3. The van der Waals surface area contributed by atoms with E-state index < -0.39 is 12.8 Å². The molecular formula is C7H7BrF3NO2. The van der Waals surface area contributed by atoms with Crippen molar-refractivity contribution in [1.29, 1.82) is 0 Å². The van der Waals surface area contributed by atoms with Crippen LogP contribution in [-0.4, -0.2) is 17.8 Å². The third-order valence-electron chi connectivity index (χ3n) is 1.35. The van der Waals surface area contributed by atoms with E-state index in [2.05, 4.69) is 25.7 Å². The zero-order valence-corrected chi connectivity index (χ0v) is 8.56. The molecule has 0 aromatic carbocycles. The molecule has 0 unspecified atom stereocenters. The molecule has 0 saturated carbocycles. The standard InChI is InChI=1S/C7H7BrF3NO2/c8-1-5-6(14-4-12-5)2-13-3-7(9,10)11/h4H,1-3H2. The van der Waals surface area contributed by atoms with Crippen LogP contribution in [0.5, 0.6) is 0 Å². The largest absolute Gasteiger partial charge is 0.446 e. The first-order valence-corrected chi connectivity index (χ1v) is 4.77. The molecule has 0 saturated heterocycles. The van der Waals surface area contributed by atoms with E-state index in [0.717, 1.165) is 0 Å². The summed E-state index contributed by atoms with van der Waals surface area (Å²) in [5.41, 5.74) is 0.548. The van der Waals surface area contributed by atoms with Crippen LogP contribution in [0.2, 0.25) is 0 Å². The van der Waals surface area contributed by atoms with Crippen LogP contribution in [0.3, 0.4) is 0 Å². The quantitative estimate of drug-likeness (QED) is 0.792. The Hall–Kier alpha value is -0.560. The topological polar surface area (TPSA) is 35.3 Å². The summed E-state index contributed by atoms with van der Waals surface area (Å²) in [5, 5.41) is 0.425. The lowest BCUT2D eigenvalue weighted by Crippen LogP contribution is -2.16. The average Bonchev–Trinajstić information content (AvgIpc) is 2.49. The fraction of sp³-hybridized carbons (Fsp3) is 0.571. The highest BCUT2D eigenvalue weighted by atomic mass is 79.9. The molecule has 0 aliphatic heterocycles. The molecule has 1 aromatic heterocycles. The van der Waals surface area contributed by atoms with Gasteiger partial charge >= 0.3 is 6.18 Å². The molecule has 80 valence electrons. The van der Waals surface area contributed by atoms with Crippen LogP contribution >= 0.6 is 15.9 Å². The summed E-state index contributed by atoms with van der Waals surface area (Å²) in [6.45, 7) is -1.50. The Balaban J connectivity index is 2.38. The molecule has 14 heavy (non-hydrogen) atoms. The third kappa shape index (κ3) is 3.67. The number of alkyl halides is 4. The molecule has 3 nitrogen and oxygen atoms in total. The summed E-state index contributed by atoms with van der Waals surface area (Å²) in [6.07, 6.45) is -3.14. The van der Waals surface area contributed by atoms with Gasteiger partial charge in [-0.25, -0.2) is 4.98 Å². The highest BCUT2D eigenvalue weighted by Gasteiger charge is 2.27. The van der Waals surface area contributed by atoms with Crippen LogP contribution in [0.1, 0.15) is 11.5 Å². The van der Waals surface area contributed by atoms with Gasteiger partial charge in [-0.3, -0.25) is 0 Å². The van der Waals surface area contributed by atoms with Gasteiger partial charge in [0.05, 0.1) is 5.69 Å². The number of aromatic nitrogens is 1. The van der Waals surface area contributed by atoms with E-state index in [0.29, 0.717) is 16.8 Å². The Bertz CT molecular complexity index is 287. The average molecular weight is 274 g/mol. The maximum Gasteiger partial charge on any atom is 0.411 e. The minimum Gasteiger partial charge on any atom is -0.446 e. The monoisotopic (exact) mass is 273 g/mol. The highest BCUT2D eigenvalue weighted by Crippen LogP contribution is 2.17. The van der Waals surface area contributed by atoms with E-state index in [1.165, 1.54) is 6.39 Å². The molecular weight excluding hydrogens is 267 g/mol. The van der Waals surface area contributed by atoms with Crippen LogP contribution in [0.25, 0.3) is 0 Å². The predicted octanol–water partition coefficient (Wildman–Crippen LogP) is 2.65. The van der Waals surface area contributed by atoms with E-state index in [-0.39, 0.29) is 6.61 Å². The van der Waals surface area contributed by atoms with Gasteiger partial charge in [0.1, 0.15) is 13.2 Å². The Morgan fingerprint density at radius 3 is 2.79 bits per heavy atom. The second-order valence-corrected chi connectivity index (χ2v) is 3.02. The molecule has 0 fully saturated rings. The van der Waals surface area contributed by atoms with Gasteiger partial charge in [-0.15, -0.1) is 0 Å². The molecule has 0 radical (unpaired) electrons. The maximum atomic E-state index is 11.7. The summed E-state index contributed by atoms with van der Waals surface area (Å²) in [4.78, 5) is 3.77. The van der Waals surface area contributed by atoms with Crippen LogP contribution in [0.15, 0.2) is 10.8 Å². The van der Waals surface area contributed by atoms with Crippen LogP contribution in [-0.2, 0) is 16.7 Å². The second-order valence-electron chi connectivity index (χ2n) is 2.46. The number of hydrogen-bond donors (Lipinski definition) is 0. The van der Waals surface area contributed by atoms with Gasteiger partial charge in [0.25, 0.3) is 0 Å². The van der Waals surface area contributed by atoms with Gasteiger partial charge in [-0.05, 0) is 0 Å². The molecule has 0 bridgehead atoms. The smallest absolute Gasteiger partial charge is 0.411 e. The summed E-state index contributed by atoms with van der Waals surface area (Å²) in [7, 11) is 0. The van der Waals surface area contributed by atoms with Crippen molar-refractivity contribution in [2.24, 2.45) is 0 Å². The number of halogens is 4. The van der Waals surface area contributed by atoms with E-state index in [1.807, 2.05) is 0 Å². The van der Waals surface area contributed by atoms with E-state index in [4.69, 9.17) is 4.42 Å². The molecule has 1 rings (SSSR count). The van der Waals surface area contributed by atoms with Gasteiger partial charge in [0.15, 0.2) is 12.2 Å². The molecule has 1 aromatic rings. The van der Waals surface area contributed by atoms with Crippen molar-refractivity contribution in [1.82, 2.24) is 4.98 Å². The van der Waals surface area contributed by atoms with Crippen LogP contribution in [0, 0.1) is 0 Å². The van der Waals surface area contributed by atoms with Crippen molar-refractivity contribution in [3.8, 4) is 0 Å². The number of ether oxygens (including phenoxy) is 1. The van der Waals surface area contributed by atoms with Gasteiger partial charge in [0.2, 0.25) is 0 Å². The first kappa shape index (κ1) is 11.5. The lowest BCUT2D eigenvalue weighted by atomic mass is 10.4. The molecule has 0 aliphatic carbocycles. The fourth-order valence-electron chi connectivity index (χ4n) is 0.779. The molecule has 7 heteroatoms. The van der Waals surface area contributed by atoms with Crippen molar-refractivity contribution in [2.75, 3.05) is 6.61 Å². The first-order valence-electron chi connectivity index (χ1n) is 3.64. The number of oxazole rings is 1. The Morgan fingerprint density at radius 2 is 2.21 bits per heavy atom. The molecule has 0 N–H and O–H groups in total. The molecule has 1 heterocycles. The van der Waals surface area contributed by atoms with Gasteiger partial charge in [-0.1, -0.05) is 15.9 Å². The molecule has 0 atom stereocenters. The Morgan fingerprint density at radius 1 is 1.50 bits per heavy atom. The van der Waals surface area contributed by atoms with Crippen LogP contribution in [0.4, 0.5) is 13.2 Å². The lowest BCUT2D eigenvalue weighted by molar-refractivity contribution is -0.177. The summed E-state index contributed by atoms with van der Waals surface area (Å²) < 4.78 is 44.3. The summed E-state index contributed by atoms with van der Waals surface area (Å²) in [6, 6.07) is 0. The summed E-state index contributed by atoms with van der Waals surface area (Å²) >= 11 is 3.12. The minimum atomic E-state index is -4.31. The van der Waals surface area contributed by atoms with Crippen molar-refractivity contribution in [3.63, 3.8) is 0 Å². The highest BCUT2D eigenvalue weighted by molar-refractivity contribution is 9.08. The third-order valence-corrected chi connectivity index (χ3v) is 1.88. The molecule has 0 spiro atoms. The van der Waals surface area contributed by atoms with Crippen molar-refractivity contribution < 1.29 is 22.3 Å². The van der Waals surface area contributed by atoms with Crippen molar-refractivity contribution in [2.45, 2.75) is 18.1 Å². The summed E-state index contributed by atoms with van der Waals surface area (Å²) in [5.74, 6) is 0.311. The normalized spacial score (nSPS) is 12.0.